The number of Topliss-reactive ketones (excluding diaryl/α,β-unsaturated/α-hetero) is 1. The SMILES string of the molecule is COc1ccc2c(c1O)[C@]13CC[NH+](C)[C@H](C2)[C@H]1CCC(=O)C3. The number of carbonyl (C=O) groups is 1. The number of rotatable bonds is 1. The van der Waals surface area contributed by atoms with Crippen LogP contribution in [0.5, 0.6) is 11.5 Å². The monoisotopic (exact) mass is 302 g/mol. The summed E-state index contributed by atoms with van der Waals surface area (Å²) in [5, 5.41) is 10.8. The Kier molecular flexibility index (Phi) is 3.02. The molecule has 22 heavy (non-hydrogen) atoms. The number of benzene rings is 1. The van der Waals surface area contributed by atoms with Crippen molar-refractivity contribution in [3.05, 3.63) is 23.3 Å². The van der Waals surface area contributed by atoms with Crippen molar-refractivity contribution in [3.8, 4) is 11.5 Å². The molecule has 1 saturated heterocycles. The van der Waals surface area contributed by atoms with Gasteiger partial charge in [0.15, 0.2) is 11.5 Å². The van der Waals surface area contributed by atoms with Gasteiger partial charge in [0.05, 0.1) is 26.7 Å². The summed E-state index contributed by atoms with van der Waals surface area (Å²) in [4.78, 5) is 13.8. The molecular weight excluding hydrogens is 278 g/mol. The lowest BCUT2D eigenvalue weighted by Crippen LogP contribution is -3.16. The van der Waals surface area contributed by atoms with E-state index in [1.54, 1.807) is 12.0 Å². The Hall–Kier alpha value is -1.55. The summed E-state index contributed by atoms with van der Waals surface area (Å²) in [7, 11) is 3.87. The van der Waals surface area contributed by atoms with Crippen LogP contribution in [0.3, 0.4) is 0 Å². The molecule has 2 aliphatic carbocycles. The lowest BCUT2D eigenvalue weighted by atomic mass is 9.52. The van der Waals surface area contributed by atoms with Crippen LogP contribution in [0.15, 0.2) is 12.1 Å². The number of likely N-dealkylation sites (N-methyl/N-ethyl adjacent to an activating group) is 1. The van der Waals surface area contributed by atoms with E-state index in [-0.39, 0.29) is 11.2 Å². The van der Waals surface area contributed by atoms with Gasteiger partial charge in [-0.25, -0.2) is 0 Å². The first kappa shape index (κ1) is 14.1. The summed E-state index contributed by atoms with van der Waals surface area (Å²) in [6.07, 6.45) is 4.25. The van der Waals surface area contributed by atoms with E-state index in [1.807, 2.05) is 6.07 Å². The Balaban J connectivity index is 1.95. The van der Waals surface area contributed by atoms with Gasteiger partial charge in [-0.3, -0.25) is 4.79 Å². The second kappa shape index (κ2) is 4.72. The van der Waals surface area contributed by atoms with E-state index in [0.717, 1.165) is 31.4 Å². The molecule has 0 aromatic heterocycles. The average molecular weight is 302 g/mol. The molecule has 1 saturated carbocycles. The lowest BCUT2D eigenvalue weighted by molar-refractivity contribution is -0.918. The number of methoxy groups -OCH3 is 1. The molecule has 1 aromatic carbocycles. The van der Waals surface area contributed by atoms with Gasteiger partial charge in [-0.05, 0) is 18.1 Å². The number of nitrogens with one attached hydrogen (secondary N) is 1. The first-order valence-electron chi connectivity index (χ1n) is 8.30. The minimum absolute atomic E-state index is 0.161. The number of carbonyl (C=O) groups excluding carboxylic acids is 1. The highest BCUT2D eigenvalue weighted by atomic mass is 16.5. The van der Waals surface area contributed by atoms with Gasteiger partial charge >= 0.3 is 0 Å². The maximum absolute atomic E-state index is 12.3. The number of hydrogen-bond acceptors (Lipinski definition) is 3. The van der Waals surface area contributed by atoms with Crippen LogP contribution < -0.4 is 9.64 Å². The van der Waals surface area contributed by atoms with E-state index >= 15 is 0 Å². The summed E-state index contributed by atoms with van der Waals surface area (Å²) in [6.45, 7) is 1.07. The van der Waals surface area contributed by atoms with Crippen LogP contribution in [0, 0.1) is 5.92 Å². The van der Waals surface area contributed by atoms with E-state index < -0.39 is 0 Å². The molecule has 3 aliphatic rings. The van der Waals surface area contributed by atoms with Gasteiger partial charge in [0, 0.05) is 42.6 Å². The summed E-state index contributed by atoms with van der Waals surface area (Å²) < 4.78 is 5.33. The number of ketones is 1. The zero-order chi connectivity index (χ0) is 15.5. The predicted octanol–water partition coefficient (Wildman–Crippen LogP) is 0.851. The third kappa shape index (κ3) is 1.70. The van der Waals surface area contributed by atoms with Crippen molar-refractivity contribution in [3.63, 3.8) is 0 Å². The van der Waals surface area contributed by atoms with Crippen molar-refractivity contribution in [2.24, 2.45) is 5.92 Å². The number of fused-ring (bicyclic) bond motifs is 1. The van der Waals surface area contributed by atoms with E-state index in [9.17, 15) is 9.90 Å². The van der Waals surface area contributed by atoms with Gasteiger partial charge in [-0.15, -0.1) is 0 Å². The summed E-state index contributed by atoms with van der Waals surface area (Å²) in [6, 6.07) is 4.53. The van der Waals surface area contributed by atoms with Crippen molar-refractivity contribution in [2.75, 3.05) is 20.7 Å². The molecule has 4 atom stereocenters. The molecule has 0 amide bonds. The normalized spacial score (nSPS) is 36.5. The third-order valence-corrected chi connectivity index (χ3v) is 6.43. The quantitative estimate of drug-likeness (QED) is 0.809. The fraction of sp³-hybridized carbons (Fsp3) is 0.611. The van der Waals surface area contributed by atoms with Gasteiger partial charge < -0.3 is 14.7 Å². The second-order valence-corrected chi connectivity index (χ2v) is 7.32. The van der Waals surface area contributed by atoms with Crippen LogP contribution in [0.25, 0.3) is 0 Å². The number of likely N-dealkylation sites (tertiary alicyclic amines) is 1. The van der Waals surface area contributed by atoms with Gasteiger partial charge in [-0.2, -0.15) is 0 Å². The maximum Gasteiger partial charge on any atom is 0.161 e. The minimum Gasteiger partial charge on any atom is -0.504 e. The van der Waals surface area contributed by atoms with Gasteiger partial charge in [0.2, 0.25) is 0 Å². The van der Waals surface area contributed by atoms with Crippen LogP contribution in [-0.2, 0) is 16.6 Å². The zero-order valence-electron chi connectivity index (χ0n) is 13.3. The number of quaternary nitrogens is 1. The lowest BCUT2D eigenvalue weighted by Gasteiger charge is -2.55. The third-order valence-electron chi connectivity index (χ3n) is 6.43. The maximum atomic E-state index is 12.3. The largest absolute Gasteiger partial charge is 0.504 e. The van der Waals surface area contributed by atoms with E-state index in [4.69, 9.17) is 4.74 Å². The number of phenols is 1. The van der Waals surface area contributed by atoms with Crippen LogP contribution in [-0.4, -0.2) is 37.6 Å². The first-order valence-corrected chi connectivity index (χ1v) is 8.30. The minimum atomic E-state index is -0.161. The Labute approximate surface area is 131 Å². The Morgan fingerprint density at radius 3 is 3.00 bits per heavy atom. The highest BCUT2D eigenvalue weighted by molar-refractivity contribution is 5.82. The fourth-order valence-corrected chi connectivity index (χ4v) is 5.43. The van der Waals surface area contributed by atoms with Crippen LogP contribution in [0.4, 0.5) is 0 Å². The van der Waals surface area contributed by atoms with Crippen LogP contribution >= 0.6 is 0 Å². The zero-order valence-corrected chi connectivity index (χ0v) is 13.3. The molecule has 1 unspecified atom stereocenters. The Bertz CT molecular complexity index is 641. The predicted molar refractivity (Wildman–Crippen MR) is 82.5 cm³/mol. The number of hydrogen-bond donors (Lipinski definition) is 2. The molecule has 1 aliphatic heterocycles. The first-order chi connectivity index (χ1) is 10.6. The molecule has 4 heteroatoms. The average Bonchev–Trinajstić information content (AvgIpc) is 2.50. The van der Waals surface area contributed by atoms with Crippen LogP contribution in [0.2, 0.25) is 0 Å². The highest BCUT2D eigenvalue weighted by Gasteiger charge is 2.58. The van der Waals surface area contributed by atoms with E-state index in [1.165, 1.54) is 5.56 Å². The molecule has 2 bridgehead atoms. The topological polar surface area (TPSA) is 51.0 Å². The van der Waals surface area contributed by atoms with Crippen molar-refractivity contribution in [1.82, 2.24) is 0 Å². The summed E-state index contributed by atoms with van der Waals surface area (Å²) in [5.74, 6) is 1.67. The Morgan fingerprint density at radius 1 is 1.41 bits per heavy atom. The molecule has 0 spiro atoms. The number of aromatic hydroxyl groups is 1. The molecule has 118 valence electrons. The van der Waals surface area contributed by atoms with E-state index in [0.29, 0.717) is 36.3 Å². The molecule has 4 rings (SSSR count). The summed E-state index contributed by atoms with van der Waals surface area (Å²) in [5.41, 5.74) is 2.08. The second-order valence-electron chi connectivity index (χ2n) is 7.32. The van der Waals surface area contributed by atoms with Crippen molar-refractivity contribution < 1.29 is 19.5 Å². The number of ether oxygens (including phenoxy) is 1. The van der Waals surface area contributed by atoms with Gasteiger partial charge in [0.1, 0.15) is 5.78 Å². The van der Waals surface area contributed by atoms with Crippen molar-refractivity contribution in [1.29, 1.82) is 0 Å². The van der Waals surface area contributed by atoms with Gasteiger partial charge in [0.25, 0.3) is 0 Å². The molecule has 2 fully saturated rings. The standard InChI is InChI=1S/C18H23NO3/c1-19-8-7-18-10-12(20)4-5-13(18)14(19)9-11-3-6-15(22-2)17(21)16(11)18/h3,6,13-14,21H,4-5,7-10H2,1-2H3/p+1/t13-,14-,18+/m1/s1. The molecular formula is C18H24NO3+. The molecule has 4 nitrogen and oxygen atoms in total. The smallest absolute Gasteiger partial charge is 0.161 e. The molecule has 2 N–H and O–H groups in total. The fourth-order valence-electron chi connectivity index (χ4n) is 5.43. The number of piperidine rings is 1. The Morgan fingerprint density at radius 2 is 2.23 bits per heavy atom. The van der Waals surface area contributed by atoms with Crippen molar-refractivity contribution >= 4 is 5.78 Å². The van der Waals surface area contributed by atoms with Crippen molar-refractivity contribution in [2.45, 2.75) is 43.6 Å². The van der Waals surface area contributed by atoms with Crippen LogP contribution in [0.1, 0.15) is 36.8 Å². The number of phenolic OH excluding ortho intramolecular Hbond substituents is 1. The highest BCUT2D eigenvalue weighted by Crippen LogP contribution is 2.56. The molecule has 0 radical (unpaired) electrons. The van der Waals surface area contributed by atoms with E-state index in [2.05, 4.69) is 13.1 Å². The van der Waals surface area contributed by atoms with Gasteiger partial charge in [-0.1, -0.05) is 6.07 Å². The molecule has 1 aromatic rings. The summed E-state index contributed by atoms with van der Waals surface area (Å²) >= 11 is 0. The molecule has 1 heterocycles.